The quantitative estimate of drug-likeness (QED) is 0.703. The molecule has 82 valence electrons. The molecule has 1 aromatic rings. The van der Waals surface area contributed by atoms with Crippen LogP contribution < -0.4 is 5.56 Å². The first-order chi connectivity index (χ1) is 7.20. The zero-order chi connectivity index (χ0) is 11.3. The third kappa shape index (κ3) is 2.68. The number of nitrogens with zero attached hydrogens (tertiary/aromatic N) is 1. The number of ether oxygens (including phenoxy) is 1. The van der Waals surface area contributed by atoms with Gasteiger partial charge in [-0.15, -0.1) is 0 Å². The predicted molar refractivity (Wildman–Crippen MR) is 56.7 cm³/mol. The lowest BCUT2D eigenvalue weighted by Gasteiger charge is -2.15. The number of carbonyl (C=O) groups excluding carboxylic acids is 1. The fourth-order valence-electron chi connectivity index (χ4n) is 1.41. The van der Waals surface area contributed by atoms with Gasteiger partial charge in [0.1, 0.15) is 6.04 Å². The first kappa shape index (κ1) is 11.5. The molecule has 4 heteroatoms. The molecule has 0 aliphatic carbocycles. The molecule has 1 unspecified atom stereocenters. The molecular weight excluding hydrogens is 194 g/mol. The number of esters is 1. The zero-order valence-electron chi connectivity index (χ0n) is 8.97. The molecule has 0 saturated heterocycles. The number of pyridine rings is 1. The number of carbonyl (C=O) groups is 1. The lowest BCUT2D eigenvalue weighted by Crippen LogP contribution is -2.29. The van der Waals surface area contributed by atoms with Crippen molar-refractivity contribution in [3.05, 3.63) is 34.7 Å². The number of rotatable bonds is 4. The van der Waals surface area contributed by atoms with Gasteiger partial charge in [-0.2, -0.15) is 0 Å². The summed E-state index contributed by atoms with van der Waals surface area (Å²) in [5, 5.41) is 0. The Bertz CT molecular complexity index is 383. The average molecular weight is 209 g/mol. The van der Waals surface area contributed by atoms with Crippen molar-refractivity contribution in [1.82, 2.24) is 4.57 Å². The molecule has 4 nitrogen and oxygen atoms in total. The second-order valence-electron chi connectivity index (χ2n) is 3.12. The molecule has 0 spiro atoms. The van der Waals surface area contributed by atoms with E-state index in [1.165, 1.54) is 10.6 Å². The van der Waals surface area contributed by atoms with E-state index in [0.717, 1.165) is 0 Å². The molecule has 0 radical (unpaired) electrons. The molecule has 0 aliphatic heterocycles. The Morgan fingerprint density at radius 3 is 2.73 bits per heavy atom. The number of hydrogen-bond acceptors (Lipinski definition) is 3. The third-order valence-electron chi connectivity index (χ3n) is 2.13. The van der Waals surface area contributed by atoms with E-state index < -0.39 is 6.04 Å². The van der Waals surface area contributed by atoms with Gasteiger partial charge in [-0.3, -0.25) is 4.79 Å². The van der Waals surface area contributed by atoms with Crippen LogP contribution in [0.4, 0.5) is 0 Å². The maximum absolute atomic E-state index is 11.5. The molecule has 0 bridgehead atoms. The molecule has 0 fully saturated rings. The molecule has 1 aromatic heterocycles. The average Bonchev–Trinajstić information content (AvgIpc) is 2.22. The second kappa shape index (κ2) is 5.34. The van der Waals surface area contributed by atoms with Gasteiger partial charge < -0.3 is 9.30 Å². The maximum Gasteiger partial charge on any atom is 0.329 e. The van der Waals surface area contributed by atoms with Gasteiger partial charge >= 0.3 is 5.97 Å². The molecule has 1 heterocycles. The first-order valence-corrected chi connectivity index (χ1v) is 5.04. The van der Waals surface area contributed by atoms with Crippen molar-refractivity contribution >= 4 is 5.97 Å². The van der Waals surface area contributed by atoms with Crippen molar-refractivity contribution in [3.8, 4) is 0 Å². The van der Waals surface area contributed by atoms with Crippen LogP contribution in [0.3, 0.4) is 0 Å². The Hall–Kier alpha value is -1.58. The highest BCUT2D eigenvalue weighted by atomic mass is 16.5. The summed E-state index contributed by atoms with van der Waals surface area (Å²) in [6.45, 7) is 3.93. The SMILES string of the molecule is CCOC(=O)C(CC)n1ccccc1=O. The van der Waals surface area contributed by atoms with E-state index in [-0.39, 0.29) is 11.5 Å². The highest BCUT2D eigenvalue weighted by Gasteiger charge is 2.19. The van der Waals surface area contributed by atoms with Crippen LogP contribution in [0, 0.1) is 0 Å². The Kier molecular flexibility index (Phi) is 4.09. The topological polar surface area (TPSA) is 48.3 Å². The summed E-state index contributed by atoms with van der Waals surface area (Å²) in [5.74, 6) is -0.353. The van der Waals surface area contributed by atoms with Crippen LogP contribution in [-0.2, 0) is 9.53 Å². The maximum atomic E-state index is 11.5. The third-order valence-corrected chi connectivity index (χ3v) is 2.13. The number of hydrogen-bond donors (Lipinski definition) is 0. The van der Waals surface area contributed by atoms with Crippen molar-refractivity contribution in [2.45, 2.75) is 26.3 Å². The molecule has 0 saturated carbocycles. The van der Waals surface area contributed by atoms with Crippen molar-refractivity contribution < 1.29 is 9.53 Å². The van der Waals surface area contributed by atoms with Crippen LogP contribution in [0.15, 0.2) is 29.2 Å². The van der Waals surface area contributed by atoms with Crippen LogP contribution in [0.5, 0.6) is 0 Å². The molecule has 1 atom stereocenters. The minimum Gasteiger partial charge on any atom is -0.464 e. The molecule has 0 aromatic carbocycles. The van der Waals surface area contributed by atoms with Gasteiger partial charge in [0.15, 0.2) is 0 Å². The summed E-state index contributed by atoms with van der Waals surface area (Å²) in [7, 11) is 0. The standard InChI is InChI=1S/C11H15NO3/c1-3-9(11(14)15-4-2)12-8-6-5-7-10(12)13/h5-9H,3-4H2,1-2H3. The van der Waals surface area contributed by atoms with E-state index in [1.807, 2.05) is 6.92 Å². The molecule has 0 N–H and O–H groups in total. The van der Waals surface area contributed by atoms with Crippen LogP contribution in [0.2, 0.25) is 0 Å². The van der Waals surface area contributed by atoms with Gasteiger partial charge in [0, 0.05) is 12.3 Å². The van der Waals surface area contributed by atoms with E-state index >= 15 is 0 Å². The molecule has 0 amide bonds. The van der Waals surface area contributed by atoms with Crippen LogP contribution in [-0.4, -0.2) is 17.1 Å². The lowest BCUT2D eigenvalue weighted by molar-refractivity contribution is -0.147. The minimum absolute atomic E-state index is 0.183. The Labute approximate surface area is 88.5 Å². The molecule has 1 rings (SSSR count). The van der Waals surface area contributed by atoms with Crippen LogP contribution >= 0.6 is 0 Å². The summed E-state index contributed by atoms with van der Waals surface area (Å²) >= 11 is 0. The van der Waals surface area contributed by atoms with E-state index in [1.54, 1.807) is 25.3 Å². The normalized spacial score (nSPS) is 12.1. The van der Waals surface area contributed by atoms with Crippen molar-refractivity contribution in [3.63, 3.8) is 0 Å². The lowest BCUT2D eigenvalue weighted by atomic mass is 10.2. The minimum atomic E-state index is -0.515. The fourth-order valence-corrected chi connectivity index (χ4v) is 1.41. The number of aromatic nitrogens is 1. The van der Waals surface area contributed by atoms with Crippen molar-refractivity contribution in [2.24, 2.45) is 0 Å². The van der Waals surface area contributed by atoms with Gasteiger partial charge in [0.2, 0.25) is 0 Å². The second-order valence-corrected chi connectivity index (χ2v) is 3.12. The van der Waals surface area contributed by atoms with E-state index in [2.05, 4.69) is 0 Å². The zero-order valence-corrected chi connectivity index (χ0v) is 8.97. The van der Waals surface area contributed by atoms with Gasteiger partial charge in [-0.1, -0.05) is 13.0 Å². The molecular formula is C11H15NO3. The van der Waals surface area contributed by atoms with E-state index in [4.69, 9.17) is 4.74 Å². The van der Waals surface area contributed by atoms with Gasteiger partial charge in [-0.25, -0.2) is 4.79 Å². The Balaban J connectivity index is 2.98. The molecule has 15 heavy (non-hydrogen) atoms. The Morgan fingerprint density at radius 1 is 1.47 bits per heavy atom. The monoisotopic (exact) mass is 209 g/mol. The summed E-state index contributed by atoms with van der Waals surface area (Å²) < 4.78 is 6.31. The smallest absolute Gasteiger partial charge is 0.329 e. The highest BCUT2D eigenvalue weighted by molar-refractivity contribution is 5.74. The van der Waals surface area contributed by atoms with Gasteiger partial charge in [0.05, 0.1) is 6.61 Å². The fraction of sp³-hybridized carbons (Fsp3) is 0.455. The first-order valence-electron chi connectivity index (χ1n) is 5.04. The van der Waals surface area contributed by atoms with Crippen molar-refractivity contribution in [2.75, 3.05) is 6.61 Å². The predicted octanol–water partition coefficient (Wildman–Crippen LogP) is 1.36. The summed E-state index contributed by atoms with van der Waals surface area (Å²) in [5.41, 5.74) is -0.183. The summed E-state index contributed by atoms with van der Waals surface area (Å²) in [6.07, 6.45) is 2.15. The van der Waals surface area contributed by atoms with Crippen LogP contribution in [0.25, 0.3) is 0 Å². The Morgan fingerprint density at radius 2 is 2.20 bits per heavy atom. The molecule has 0 aliphatic rings. The summed E-state index contributed by atoms with van der Waals surface area (Å²) in [4.78, 5) is 23.0. The van der Waals surface area contributed by atoms with E-state index in [9.17, 15) is 9.59 Å². The van der Waals surface area contributed by atoms with Crippen molar-refractivity contribution in [1.29, 1.82) is 0 Å². The van der Waals surface area contributed by atoms with Gasteiger partial charge in [0.25, 0.3) is 5.56 Å². The van der Waals surface area contributed by atoms with E-state index in [0.29, 0.717) is 13.0 Å². The van der Waals surface area contributed by atoms with Gasteiger partial charge in [-0.05, 0) is 19.4 Å². The largest absolute Gasteiger partial charge is 0.464 e. The summed E-state index contributed by atoms with van der Waals surface area (Å²) in [6, 6.07) is 4.29. The van der Waals surface area contributed by atoms with Crippen LogP contribution in [0.1, 0.15) is 26.3 Å². The highest BCUT2D eigenvalue weighted by Crippen LogP contribution is 2.10.